The van der Waals surface area contributed by atoms with Crippen LogP contribution in [-0.4, -0.2) is 43.5 Å². The van der Waals surface area contributed by atoms with E-state index >= 15 is 0 Å². The summed E-state index contributed by atoms with van der Waals surface area (Å²) >= 11 is 2.25. The zero-order valence-electron chi connectivity index (χ0n) is 11.2. The largest absolute Gasteiger partial charge is 0.325 e. The highest BCUT2D eigenvalue weighted by molar-refractivity contribution is 14.1. The zero-order valence-corrected chi connectivity index (χ0v) is 13.3. The lowest BCUT2D eigenvalue weighted by molar-refractivity contribution is -0.117. The predicted octanol–water partition coefficient (Wildman–Crippen LogP) is 1.91. The number of halogens is 1. The van der Waals surface area contributed by atoms with Crippen molar-refractivity contribution >= 4 is 34.2 Å². The quantitative estimate of drug-likeness (QED) is 0.793. The predicted molar refractivity (Wildman–Crippen MR) is 86.3 cm³/mol. The smallest absolute Gasteiger partial charge is 0.238 e. The number of anilines is 1. The lowest BCUT2D eigenvalue weighted by Gasteiger charge is -2.31. The van der Waals surface area contributed by atoms with Gasteiger partial charge in [-0.2, -0.15) is 0 Å². The van der Waals surface area contributed by atoms with Gasteiger partial charge in [0.05, 0.1) is 6.54 Å². The van der Waals surface area contributed by atoms with Gasteiger partial charge in [-0.1, -0.05) is 6.07 Å². The average molecular weight is 373 g/mol. The van der Waals surface area contributed by atoms with E-state index in [2.05, 4.69) is 38.1 Å². The molecule has 19 heavy (non-hydrogen) atoms. The second-order valence-corrected chi connectivity index (χ2v) is 6.14. The number of carbonyl (C=O) groups is 1. The Morgan fingerprint density at radius 2 is 2.16 bits per heavy atom. The van der Waals surface area contributed by atoms with Gasteiger partial charge in [0.25, 0.3) is 0 Å². The summed E-state index contributed by atoms with van der Waals surface area (Å²) in [6.07, 6.45) is 2.24. The Kier molecular flexibility index (Phi) is 5.59. The van der Waals surface area contributed by atoms with Gasteiger partial charge < -0.3 is 10.6 Å². The highest BCUT2D eigenvalue weighted by Gasteiger charge is 2.19. The third-order valence-electron chi connectivity index (χ3n) is 3.47. The Bertz CT molecular complexity index is 430. The molecule has 0 atom stereocenters. The normalized spacial score (nSPS) is 17.4. The van der Waals surface area contributed by atoms with E-state index in [1.54, 1.807) is 0 Å². The molecule has 1 saturated heterocycles. The molecule has 0 saturated carbocycles. The van der Waals surface area contributed by atoms with Gasteiger partial charge in [-0.15, -0.1) is 0 Å². The fraction of sp³-hybridized carbons (Fsp3) is 0.500. The maximum atomic E-state index is 12.0. The summed E-state index contributed by atoms with van der Waals surface area (Å²) in [5.74, 6) is 0.0740. The van der Waals surface area contributed by atoms with Crippen molar-refractivity contribution in [2.75, 3.05) is 32.0 Å². The molecule has 1 aromatic carbocycles. The highest BCUT2D eigenvalue weighted by Crippen LogP contribution is 2.13. The number of rotatable bonds is 4. The van der Waals surface area contributed by atoms with Crippen LogP contribution in [0.1, 0.15) is 12.8 Å². The van der Waals surface area contributed by atoms with Crippen LogP contribution in [0.15, 0.2) is 24.3 Å². The van der Waals surface area contributed by atoms with E-state index in [1.807, 2.05) is 31.3 Å². The minimum atomic E-state index is 0.0740. The molecule has 1 aromatic rings. The Labute approximate surface area is 128 Å². The van der Waals surface area contributed by atoms with E-state index in [0.29, 0.717) is 12.6 Å². The first-order chi connectivity index (χ1) is 9.17. The van der Waals surface area contributed by atoms with Crippen LogP contribution in [0.3, 0.4) is 0 Å². The van der Waals surface area contributed by atoms with E-state index < -0.39 is 0 Å². The molecule has 2 N–H and O–H groups in total. The van der Waals surface area contributed by atoms with Gasteiger partial charge in [-0.05, 0) is 60.7 Å². The molecule has 0 radical (unpaired) electrons. The first-order valence-corrected chi connectivity index (χ1v) is 7.70. The van der Waals surface area contributed by atoms with Crippen LogP contribution in [0, 0.1) is 3.57 Å². The summed E-state index contributed by atoms with van der Waals surface area (Å²) < 4.78 is 1.13. The van der Waals surface area contributed by atoms with Crippen LogP contribution in [-0.2, 0) is 4.79 Å². The monoisotopic (exact) mass is 373 g/mol. The second-order valence-electron chi connectivity index (χ2n) is 4.90. The summed E-state index contributed by atoms with van der Waals surface area (Å²) in [5.41, 5.74) is 0.877. The Morgan fingerprint density at radius 3 is 2.79 bits per heavy atom. The number of benzene rings is 1. The molecule has 0 unspecified atom stereocenters. The molecule has 0 bridgehead atoms. The van der Waals surface area contributed by atoms with Gasteiger partial charge in [-0.3, -0.25) is 9.69 Å². The lowest BCUT2D eigenvalue weighted by atomic mass is 10.1. The molecule has 4 nitrogen and oxygen atoms in total. The van der Waals surface area contributed by atoms with Crippen molar-refractivity contribution < 1.29 is 4.79 Å². The van der Waals surface area contributed by atoms with Crippen LogP contribution < -0.4 is 10.6 Å². The van der Waals surface area contributed by atoms with Crippen LogP contribution in [0.5, 0.6) is 0 Å². The third kappa shape index (κ3) is 4.74. The average Bonchev–Trinajstić information content (AvgIpc) is 2.39. The summed E-state index contributed by atoms with van der Waals surface area (Å²) in [4.78, 5) is 14.2. The molecule has 104 valence electrons. The van der Waals surface area contributed by atoms with Gasteiger partial charge in [0.15, 0.2) is 0 Å². The molecule has 0 spiro atoms. The van der Waals surface area contributed by atoms with Crippen molar-refractivity contribution in [2.24, 2.45) is 0 Å². The van der Waals surface area contributed by atoms with Crippen molar-refractivity contribution in [3.8, 4) is 0 Å². The molecule has 1 fully saturated rings. The first-order valence-electron chi connectivity index (χ1n) is 6.62. The molecule has 2 rings (SSSR count). The van der Waals surface area contributed by atoms with Gasteiger partial charge in [-0.25, -0.2) is 0 Å². The number of nitrogens with zero attached hydrogens (tertiary/aromatic N) is 1. The van der Waals surface area contributed by atoms with Crippen LogP contribution >= 0.6 is 22.6 Å². The van der Waals surface area contributed by atoms with E-state index in [4.69, 9.17) is 0 Å². The molecule has 1 heterocycles. The molecule has 0 aromatic heterocycles. The maximum Gasteiger partial charge on any atom is 0.238 e. The van der Waals surface area contributed by atoms with Crippen LogP contribution in [0.25, 0.3) is 0 Å². The van der Waals surface area contributed by atoms with Gasteiger partial charge in [0, 0.05) is 28.4 Å². The molecule has 1 amide bonds. The summed E-state index contributed by atoms with van der Waals surface area (Å²) in [6.45, 7) is 2.47. The number of nitrogens with one attached hydrogen (secondary N) is 2. The van der Waals surface area contributed by atoms with Gasteiger partial charge >= 0.3 is 0 Å². The number of likely N-dealkylation sites (tertiary alicyclic amines) is 1. The minimum Gasteiger partial charge on any atom is -0.325 e. The standard InChI is InChI=1S/C14H20IN3O/c1-16-12-5-7-18(8-6-12)10-14(19)17-13-4-2-3-11(15)9-13/h2-4,9,12,16H,5-8,10H2,1H3,(H,17,19). The van der Waals surface area contributed by atoms with E-state index in [0.717, 1.165) is 35.2 Å². The van der Waals surface area contributed by atoms with E-state index in [1.165, 1.54) is 0 Å². The number of hydrogen-bond acceptors (Lipinski definition) is 3. The molecule has 5 heteroatoms. The Hall–Kier alpha value is -0.660. The first kappa shape index (κ1) is 14.7. The molecule has 1 aliphatic heterocycles. The summed E-state index contributed by atoms with van der Waals surface area (Å²) in [6, 6.07) is 8.48. The Morgan fingerprint density at radius 1 is 1.42 bits per heavy atom. The number of carbonyl (C=O) groups excluding carboxylic acids is 1. The zero-order chi connectivity index (χ0) is 13.7. The van der Waals surface area contributed by atoms with E-state index in [9.17, 15) is 4.79 Å². The maximum absolute atomic E-state index is 12.0. The van der Waals surface area contributed by atoms with Crippen molar-refractivity contribution in [2.45, 2.75) is 18.9 Å². The Balaban J connectivity index is 1.79. The third-order valence-corrected chi connectivity index (χ3v) is 4.14. The fourth-order valence-electron chi connectivity index (χ4n) is 2.35. The number of piperidine rings is 1. The van der Waals surface area contributed by atoms with Crippen molar-refractivity contribution in [3.05, 3.63) is 27.8 Å². The van der Waals surface area contributed by atoms with E-state index in [-0.39, 0.29) is 5.91 Å². The van der Waals surface area contributed by atoms with Crippen molar-refractivity contribution in [1.82, 2.24) is 10.2 Å². The van der Waals surface area contributed by atoms with Gasteiger partial charge in [0.1, 0.15) is 0 Å². The molecule has 0 aliphatic carbocycles. The molecular weight excluding hydrogens is 353 g/mol. The lowest BCUT2D eigenvalue weighted by Crippen LogP contribution is -2.44. The summed E-state index contributed by atoms with van der Waals surface area (Å²) in [7, 11) is 2.00. The molecular formula is C14H20IN3O. The van der Waals surface area contributed by atoms with Crippen molar-refractivity contribution in [3.63, 3.8) is 0 Å². The second kappa shape index (κ2) is 7.21. The topological polar surface area (TPSA) is 44.4 Å². The molecule has 1 aliphatic rings. The minimum absolute atomic E-state index is 0.0740. The number of amides is 1. The highest BCUT2D eigenvalue weighted by atomic mass is 127. The van der Waals surface area contributed by atoms with Crippen molar-refractivity contribution in [1.29, 1.82) is 0 Å². The summed E-state index contributed by atoms with van der Waals surface area (Å²) in [5, 5.41) is 6.25. The number of hydrogen-bond donors (Lipinski definition) is 2. The van der Waals surface area contributed by atoms with Crippen LogP contribution in [0.4, 0.5) is 5.69 Å². The fourth-order valence-corrected chi connectivity index (χ4v) is 2.89. The van der Waals surface area contributed by atoms with Crippen LogP contribution in [0.2, 0.25) is 0 Å². The SMILES string of the molecule is CNC1CCN(CC(=O)Nc2cccc(I)c2)CC1. The van der Waals surface area contributed by atoms with Gasteiger partial charge in [0.2, 0.25) is 5.91 Å².